The number of hydrogen-bond acceptors (Lipinski definition) is 6. The van der Waals surface area contributed by atoms with Crippen LogP contribution in [-0.4, -0.2) is 51.1 Å². The number of nitrogens with one attached hydrogen (secondary N) is 1. The molecule has 1 fully saturated rings. The predicted molar refractivity (Wildman–Crippen MR) is 100 cm³/mol. The van der Waals surface area contributed by atoms with Crippen LogP contribution in [0.25, 0.3) is 0 Å². The third kappa shape index (κ3) is 3.79. The zero-order valence-electron chi connectivity index (χ0n) is 14.9. The fourth-order valence-corrected chi connectivity index (χ4v) is 4.43. The van der Waals surface area contributed by atoms with Gasteiger partial charge in [-0.1, -0.05) is 0 Å². The topological polar surface area (TPSA) is 78.4 Å². The molecule has 3 heterocycles. The maximum atomic E-state index is 12.5. The van der Waals surface area contributed by atoms with Crippen LogP contribution in [0.5, 0.6) is 0 Å². The van der Waals surface area contributed by atoms with Gasteiger partial charge in [0, 0.05) is 36.9 Å². The van der Waals surface area contributed by atoms with Gasteiger partial charge in [0.25, 0.3) is 5.91 Å². The molecule has 7 heteroatoms. The SMILES string of the molecule is Cc1nc(CN2CC[C@@H](NC(=O)c3cnc4c(c3)CCC4)[C@H](O)C2)cs1. The van der Waals surface area contributed by atoms with Crippen molar-refractivity contribution < 1.29 is 9.90 Å². The van der Waals surface area contributed by atoms with Crippen molar-refractivity contribution in [2.75, 3.05) is 13.1 Å². The van der Waals surface area contributed by atoms with Crippen molar-refractivity contribution in [3.8, 4) is 0 Å². The average molecular weight is 372 g/mol. The van der Waals surface area contributed by atoms with Crippen molar-refractivity contribution >= 4 is 17.2 Å². The number of aryl methyl sites for hydroxylation is 3. The number of carbonyl (C=O) groups is 1. The molecule has 0 saturated carbocycles. The third-order valence-electron chi connectivity index (χ3n) is 5.22. The summed E-state index contributed by atoms with van der Waals surface area (Å²) in [5, 5.41) is 16.6. The zero-order valence-corrected chi connectivity index (χ0v) is 15.8. The van der Waals surface area contributed by atoms with Crippen molar-refractivity contribution in [3.05, 3.63) is 45.2 Å². The van der Waals surface area contributed by atoms with Crippen molar-refractivity contribution in [2.45, 2.75) is 51.3 Å². The molecule has 2 aromatic heterocycles. The van der Waals surface area contributed by atoms with Crippen LogP contribution in [0.15, 0.2) is 17.6 Å². The lowest BCUT2D eigenvalue weighted by Crippen LogP contribution is -2.53. The lowest BCUT2D eigenvalue weighted by atomic mass is 10.0. The van der Waals surface area contributed by atoms with Gasteiger partial charge in [0.05, 0.1) is 28.4 Å². The smallest absolute Gasteiger partial charge is 0.253 e. The number of β-amino-alcohol motifs (C(OH)–C–C–N with tert-alkyl or cyclic N) is 1. The second-order valence-corrected chi connectivity index (χ2v) is 8.27. The van der Waals surface area contributed by atoms with Gasteiger partial charge in [-0.05, 0) is 44.2 Å². The van der Waals surface area contributed by atoms with Gasteiger partial charge in [0.2, 0.25) is 0 Å². The van der Waals surface area contributed by atoms with E-state index in [2.05, 4.69) is 25.6 Å². The Hall–Kier alpha value is -1.83. The number of aliphatic hydroxyl groups is 1. The van der Waals surface area contributed by atoms with Crippen LogP contribution < -0.4 is 5.32 Å². The van der Waals surface area contributed by atoms with Gasteiger partial charge < -0.3 is 10.4 Å². The maximum Gasteiger partial charge on any atom is 0.253 e. The van der Waals surface area contributed by atoms with E-state index in [0.717, 1.165) is 55.2 Å². The Morgan fingerprint density at radius 3 is 3.12 bits per heavy atom. The molecule has 0 bridgehead atoms. The van der Waals surface area contributed by atoms with Crippen LogP contribution in [-0.2, 0) is 19.4 Å². The summed E-state index contributed by atoms with van der Waals surface area (Å²) < 4.78 is 0. The summed E-state index contributed by atoms with van der Waals surface area (Å²) in [5.74, 6) is -0.139. The molecule has 26 heavy (non-hydrogen) atoms. The minimum atomic E-state index is -0.574. The van der Waals surface area contributed by atoms with Gasteiger partial charge in [0.15, 0.2) is 0 Å². The van der Waals surface area contributed by atoms with E-state index < -0.39 is 6.10 Å². The number of aromatic nitrogens is 2. The van der Waals surface area contributed by atoms with Crippen molar-refractivity contribution in [1.82, 2.24) is 20.2 Å². The molecule has 4 rings (SSSR count). The second-order valence-electron chi connectivity index (χ2n) is 7.21. The second kappa shape index (κ2) is 7.42. The quantitative estimate of drug-likeness (QED) is 0.854. The molecular weight excluding hydrogens is 348 g/mol. The Balaban J connectivity index is 1.33. The Bertz CT molecular complexity index is 807. The number of piperidine rings is 1. The highest BCUT2D eigenvalue weighted by Crippen LogP contribution is 2.21. The molecule has 1 aliphatic carbocycles. The first-order valence-corrected chi connectivity index (χ1v) is 10.1. The number of nitrogens with zero attached hydrogens (tertiary/aromatic N) is 3. The van der Waals surface area contributed by atoms with E-state index in [4.69, 9.17) is 0 Å². The number of carbonyl (C=O) groups excluding carboxylic acids is 1. The molecule has 1 saturated heterocycles. The van der Waals surface area contributed by atoms with E-state index in [1.54, 1.807) is 17.5 Å². The number of aliphatic hydroxyl groups excluding tert-OH is 1. The van der Waals surface area contributed by atoms with Crippen LogP contribution in [0.3, 0.4) is 0 Å². The summed E-state index contributed by atoms with van der Waals surface area (Å²) in [6.07, 6.45) is 4.94. The summed E-state index contributed by atoms with van der Waals surface area (Å²) in [6, 6.07) is 1.74. The summed E-state index contributed by atoms with van der Waals surface area (Å²) in [7, 11) is 0. The van der Waals surface area contributed by atoms with Gasteiger partial charge in [-0.15, -0.1) is 11.3 Å². The molecule has 0 aromatic carbocycles. The molecular formula is C19H24N4O2S. The number of rotatable bonds is 4. The summed E-state index contributed by atoms with van der Waals surface area (Å²) >= 11 is 1.65. The lowest BCUT2D eigenvalue weighted by Gasteiger charge is -2.35. The normalized spacial score (nSPS) is 23.0. The highest BCUT2D eigenvalue weighted by atomic mass is 32.1. The summed E-state index contributed by atoms with van der Waals surface area (Å²) in [6.45, 7) is 4.13. The van der Waals surface area contributed by atoms with Crippen LogP contribution in [0.2, 0.25) is 0 Å². The summed E-state index contributed by atoms with van der Waals surface area (Å²) in [5.41, 5.74) is 3.95. The Kier molecular flexibility index (Phi) is 5.02. The molecule has 2 atom stereocenters. The number of fused-ring (bicyclic) bond motifs is 1. The largest absolute Gasteiger partial charge is 0.390 e. The van der Waals surface area contributed by atoms with Gasteiger partial charge in [-0.25, -0.2) is 4.98 Å². The van der Waals surface area contributed by atoms with E-state index in [1.165, 1.54) is 5.56 Å². The minimum Gasteiger partial charge on any atom is -0.390 e. The van der Waals surface area contributed by atoms with Crippen LogP contribution in [0.1, 0.15) is 45.2 Å². The standard InChI is InChI=1S/C19H24N4O2S/c1-12-21-15(11-26-12)9-23-6-5-17(18(24)10-23)22-19(25)14-7-13-3-2-4-16(13)20-8-14/h7-8,11,17-18,24H,2-6,9-10H2,1H3,(H,22,25)/t17-,18-/m1/s1. The highest BCUT2D eigenvalue weighted by molar-refractivity contribution is 7.09. The average Bonchev–Trinajstić information content (AvgIpc) is 3.25. The van der Waals surface area contributed by atoms with Gasteiger partial charge in [-0.2, -0.15) is 0 Å². The Morgan fingerprint density at radius 2 is 2.35 bits per heavy atom. The maximum absolute atomic E-state index is 12.5. The number of amides is 1. The van der Waals surface area contributed by atoms with Crippen molar-refractivity contribution in [1.29, 1.82) is 0 Å². The first-order valence-electron chi connectivity index (χ1n) is 9.18. The van der Waals surface area contributed by atoms with Gasteiger partial charge >= 0.3 is 0 Å². The molecule has 1 aliphatic heterocycles. The molecule has 0 unspecified atom stereocenters. The first kappa shape index (κ1) is 17.6. The first-order chi connectivity index (χ1) is 12.6. The Labute approximate surface area is 157 Å². The number of hydrogen-bond donors (Lipinski definition) is 2. The fourth-order valence-electron chi connectivity index (χ4n) is 3.82. The predicted octanol–water partition coefficient (Wildman–Crippen LogP) is 1.70. The minimum absolute atomic E-state index is 0.139. The van der Waals surface area contributed by atoms with E-state index in [-0.39, 0.29) is 11.9 Å². The van der Waals surface area contributed by atoms with Crippen LogP contribution in [0, 0.1) is 6.92 Å². The monoisotopic (exact) mass is 372 g/mol. The zero-order chi connectivity index (χ0) is 18.1. The fraction of sp³-hybridized carbons (Fsp3) is 0.526. The van der Waals surface area contributed by atoms with E-state index >= 15 is 0 Å². The molecule has 0 radical (unpaired) electrons. The molecule has 1 amide bonds. The van der Waals surface area contributed by atoms with Crippen LogP contribution >= 0.6 is 11.3 Å². The molecule has 138 valence electrons. The highest BCUT2D eigenvalue weighted by Gasteiger charge is 2.29. The van der Waals surface area contributed by atoms with E-state index in [1.807, 2.05) is 13.0 Å². The number of pyridine rings is 1. The number of likely N-dealkylation sites (tertiary alicyclic amines) is 1. The number of thiazole rings is 1. The molecule has 2 N–H and O–H groups in total. The van der Waals surface area contributed by atoms with E-state index in [9.17, 15) is 9.90 Å². The molecule has 2 aromatic rings. The Morgan fingerprint density at radius 1 is 1.46 bits per heavy atom. The van der Waals surface area contributed by atoms with Crippen LogP contribution in [0.4, 0.5) is 0 Å². The van der Waals surface area contributed by atoms with Crippen molar-refractivity contribution in [2.24, 2.45) is 0 Å². The summed E-state index contributed by atoms with van der Waals surface area (Å²) in [4.78, 5) is 23.6. The van der Waals surface area contributed by atoms with Gasteiger partial charge in [-0.3, -0.25) is 14.7 Å². The lowest BCUT2D eigenvalue weighted by molar-refractivity contribution is 0.0345. The molecule has 0 spiro atoms. The van der Waals surface area contributed by atoms with E-state index in [0.29, 0.717) is 12.1 Å². The molecule has 6 nitrogen and oxygen atoms in total. The van der Waals surface area contributed by atoms with Gasteiger partial charge in [0.1, 0.15) is 0 Å². The third-order valence-corrected chi connectivity index (χ3v) is 6.04. The van der Waals surface area contributed by atoms with Crippen molar-refractivity contribution in [3.63, 3.8) is 0 Å². The molecule has 2 aliphatic rings.